The number of fused-ring (bicyclic) bond motifs is 5. The third kappa shape index (κ3) is 7.28. The number of hydrogen-bond donors (Lipinski definition) is 1. The normalized spacial score (nSPS) is 35.9. The Morgan fingerprint density at radius 2 is 1.76 bits per heavy atom. The molecule has 7 atom stereocenters. The zero-order valence-electron chi connectivity index (χ0n) is 26.0. The summed E-state index contributed by atoms with van der Waals surface area (Å²) >= 11 is 0. The highest BCUT2D eigenvalue weighted by atomic mass is 19.4. The minimum Gasteiger partial charge on any atom is -0.330 e. The van der Waals surface area contributed by atoms with Crippen LogP contribution in [0.15, 0.2) is 5.16 Å². The van der Waals surface area contributed by atoms with Crippen LogP contribution < -0.4 is 5.32 Å². The van der Waals surface area contributed by atoms with Crippen LogP contribution in [-0.4, -0.2) is 87.0 Å². The van der Waals surface area contributed by atoms with Crippen LogP contribution >= 0.6 is 0 Å². The van der Waals surface area contributed by atoms with Crippen LogP contribution in [0.2, 0.25) is 0 Å². The third-order valence-corrected chi connectivity index (χ3v) is 11.4. The van der Waals surface area contributed by atoms with Crippen LogP contribution in [0.5, 0.6) is 0 Å². The van der Waals surface area contributed by atoms with Crippen LogP contribution in [0.3, 0.4) is 0 Å². The Bertz CT molecular complexity index is 996. The minimum atomic E-state index is -4.52. The standard InChI is InChI=1S/C31H52F3N4O3/c1-21(36-41-28(40)37(20-31(32,33)34)17-15-35-16-18-38(4,5)6)25-9-10-26-24-8-7-22-19-23(39)11-13-29(22,2)27(24)12-14-30(25,26)3/h22,24-27,35H,7-20H2,1-6H3/q+1/b36-21+/t22-,24-,25+,26-,27-,29-,30+/m0/s1. The second kappa shape index (κ2) is 12.1. The van der Waals surface area contributed by atoms with E-state index in [4.69, 9.17) is 4.84 Å². The van der Waals surface area contributed by atoms with Crippen molar-refractivity contribution in [2.45, 2.75) is 84.7 Å². The van der Waals surface area contributed by atoms with Gasteiger partial charge in [0.15, 0.2) is 0 Å². The van der Waals surface area contributed by atoms with Crippen molar-refractivity contribution in [2.75, 3.05) is 53.9 Å². The van der Waals surface area contributed by atoms with E-state index in [1.54, 1.807) is 0 Å². The first-order valence-electron chi connectivity index (χ1n) is 15.6. The van der Waals surface area contributed by atoms with E-state index in [-0.39, 0.29) is 29.8 Å². The van der Waals surface area contributed by atoms with Crippen molar-refractivity contribution < 1.29 is 32.1 Å². The molecule has 0 spiro atoms. The third-order valence-electron chi connectivity index (χ3n) is 11.4. The van der Waals surface area contributed by atoms with Gasteiger partial charge < -0.3 is 9.80 Å². The average molecular weight is 586 g/mol. The monoisotopic (exact) mass is 585 g/mol. The number of rotatable bonds is 9. The molecule has 4 aliphatic rings. The number of likely N-dealkylation sites (N-methyl/N-ethyl adjacent to an activating group) is 1. The van der Waals surface area contributed by atoms with Crippen molar-refractivity contribution in [3.63, 3.8) is 0 Å². The molecule has 4 saturated carbocycles. The minimum absolute atomic E-state index is 0.0377. The van der Waals surface area contributed by atoms with Gasteiger partial charge in [0.2, 0.25) is 0 Å². The number of alkyl halides is 3. The molecule has 0 aliphatic heterocycles. The van der Waals surface area contributed by atoms with Gasteiger partial charge in [-0.25, -0.2) is 4.79 Å². The summed E-state index contributed by atoms with van der Waals surface area (Å²) in [6, 6.07) is 0. The van der Waals surface area contributed by atoms with Crippen molar-refractivity contribution in [3.8, 4) is 0 Å². The largest absolute Gasteiger partial charge is 0.436 e. The van der Waals surface area contributed by atoms with Gasteiger partial charge in [-0.2, -0.15) is 13.2 Å². The predicted octanol–water partition coefficient (Wildman–Crippen LogP) is 5.89. The van der Waals surface area contributed by atoms with Gasteiger partial charge in [0.05, 0.1) is 33.4 Å². The number of ketones is 1. The maximum Gasteiger partial charge on any atom is 0.436 e. The van der Waals surface area contributed by atoms with Crippen molar-refractivity contribution >= 4 is 17.6 Å². The first kappa shape index (κ1) is 32.2. The molecule has 41 heavy (non-hydrogen) atoms. The fraction of sp³-hybridized carbons (Fsp3) is 0.903. The summed E-state index contributed by atoms with van der Waals surface area (Å²) in [5, 5.41) is 7.28. The number of amides is 1. The van der Waals surface area contributed by atoms with E-state index in [0.717, 1.165) is 62.4 Å². The highest BCUT2D eigenvalue weighted by molar-refractivity contribution is 5.85. The molecule has 0 aromatic rings. The topological polar surface area (TPSA) is 71.0 Å². The van der Waals surface area contributed by atoms with Gasteiger partial charge in [0, 0.05) is 38.4 Å². The Labute approximate surface area is 244 Å². The lowest BCUT2D eigenvalue weighted by Gasteiger charge is -2.60. The molecule has 0 heterocycles. The average Bonchev–Trinajstić information content (AvgIpc) is 3.22. The molecule has 0 aromatic carbocycles. The van der Waals surface area contributed by atoms with Gasteiger partial charge in [0.25, 0.3) is 0 Å². The Kier molecular flexibility index (Phi) is 9.54. The lowest BCUT2D eigenvalue weighted by atomic mass is 9.44. The van der Waals surface area contributed by atoms with E-state index < -0.39 is 18.8 Å². The van der Waals surface area contributed by atoms with E-state index in [2.05, 4.69) is 24.3 Å². The number of halogens is 3. The molecule has 1 N–H and O–H groups in total. The molecule has 7 nitrogen and oxygen atoms in total. The molecule has 0 radical (unpaired) electrons. The van der Waals surface area contributed by atoms with Gasteiger partial charge in [0.1, 0.15) is 12.3 Å². The first-order valence-corrected chi connectivity index (χ1v) is 15.6. The quantitative estimate of drug-likeness (QED) is 0.121. The number of nitrogens with one attached hydrogen (secondary N) is 1. The van der Waals surface area contributed by atoms with Crippen molar-refractivity contribution in [1.29, 1.82) is 0 Å². The Hall–Kier alpha value is -1.68. The first-order chi connectivity index (χ1) is 19.0. The van der Waals surface area contributed by atoms with Gasteiger partial charge in [-0.3, -0.25) is 14.5 Å². The number of Topliss-reactive ketones (excluding diaryl/α,β-unsaturated/α-hetero) is 1. The fourth-order valence-corrected chi connectivity index (χ4v) is 9.17. The van der Waals surface area contributed by atoms with Crippen LogP contribution in [-0.2, 0) is 9.63 Å². The zero-order valence-corrected chi connectivity index (χ0v) is 26.0. The van der Waals surface area contributed by atoms with Gasteiger partial charge in [-0.15, -0.1) is 0 Å². The molecule has 0 unspecified atom stereocenters. The van der Waals surface area contributed by atoms with Crippen molar-refractivity contribution in [1.82, 2.24) is 10.2 Å². The maximum atomic E-state index is 13.2. The SMILES string of the molecule is C/C(=N\OC(=O)N(CCNCC[N+](C)(C)C)CC(F)(F)F)[C@H]1CC[C@H]2[C@@H]3CC[C@H]4CC(=O)CC[C@]4(C)[C@H]3CC[C@]12C. The second-order valence-corrected chi connectivity index (χ2v) is 15.0. The van der Waals surface area contributed by atoms with E-state index in [1.165, 1.54) is 6.42 Å². The van der Waals surface area contributed by atoms with Crippen LogP contribution in [0.1, 0.15) is 78.6 Å². The van der Waals surface area contributed by atoms with Crippen molar-refractivity contribution in [3.05, 3.63) is 0 Å². The number of carbonyl (C=O) groups is 2. The van der Waals surface area contributed by atoms with Crippen LogP contribution in [0.4, 0.5) is 18.0 Å². The molecule has 0 bridgehead atoms. The molecule has 4 rings (SSSR count). The molecule has 1 amide bonds. The summed E-state index contributed by atoms with van der Waals surface area (Å²) in [4.78, 5) is 30.8. The molecule has 4 fully saturated rings. The van der Waals surface area contributed by atoms with E-state index >= 15 is 0 Å². The van der Waals surface area contributed by atoms with E-state index in [1.807, 2.05) is 28.1 Å². The Balaban J connectivity index is 1.38. The smallest absolute Gasteiger partial charge is 0.330 e. The molecular weight excluding hydrogens is 533 g/mol. The number of carbonyl (C=O) groups excluding carboxylic acids is 2. The lowest BCUT2D eigenvalue weighted by molar-refractivity contribution is -0.869. The van der Waals surface area contributed by atoms with E-state index in [0.29, 0.717) is 46.6 Å². The van der Waals surface area contributed by atoms with Crippen LogP contribution in [0.25, 0.3) is 0 Å². The molecule has 10 heteroatoms. The van der Waals surface area contributed by atoms with Gasteiger partial charge in [-0.05, 0) is 86.4 Å². The van der Waals surface area contributed by atoms with E-state index in [9.17, 15) is 22.8 Å². The zero-order chi connectivity index (χ0) is 30.2. The summed E-state index contributed by atoms with van der Waals surface area (Å²) in [5.41, 5.74) is 0.992. The number of nitrogens with zero attached hydrogens (tertiary/aromatic N) is 3. The van der Waals surface area contributed by atoms with Gasteiger partial charge >= 0.3 is 12.3 Å². The summed E-state index contributed by atoms with van der Waals surface area (Å²) in [6.07, 6.45) is 3.47. The molecular formula is C31H52F3N4O3+. The summed E-state index contributed by atoms with van der Waals surface area (Å²) in [7, 11) is 6.12. The van der Waals surface area contributed by atoms with Crippen LogP contribution in [0, 0.1) is 40.4 Å². The van der Waals surface area contributed by atoms with Gasteiger partial charge in [-0.1, -0.05) is 19.0 Å². The molecule has 0 saturated heterocycles. The fourth-order valence-electron chi connectivity index (χ4n) is 9.17. The molecule has 0 aromatic heterocycles. The summed E-state index contributed by atoms with van der Waals surface area (Å²) in [5.74, 6) is 2.93. The summed E-state index contributed by atoms with van der Waals surface area (Å²) < 4.78 is 40.5. The number of oxime groups is 1. The maximum absolute atomic E-state index is 13.2. The highest BCUT2D eigenvalue weighted by Gasteiger charge is 2.60. The molecule has 4 aliphatic carbocycles. The Morgan fingerprint density at radius 1 is 1.05 bits per heavy atom. The lowest BCUT2D eigenvalue weighted by Crippen LogP contribution is -2.53. The number of quaternary nitrogens is 1. The highest BCUT2D eigenvalue weighted by Crippen LogP contribution is 2.67. The second-order valence-electron chi connectivity index (χ2n) is 15.0. The molecule has 234 valence electrons. The predicted molar refractivity (Wildman–Crippen MR) is 153 cm³/mol. The summed E-state index contributed by atoms with van der Waals surface area (Å²) in [6.45, 7) is 6.87. The van der Waals surface area contributed by atoms with Crippen molar-refractivity contribution in [2.24, 2.45) is 45.6 Å². The Morgan fingerprint density at radius 3 is 2.44 bits per heavy atom. The number of hydrogen-bond acceptors (Lipinski definition) is 5.